The summed E-state index contributed by atoms with van der Waals surface area (Å²) in [5.74, 6) is -4.16. The fourth-order valence-corrected chi connectivity index (χ4v) is 1.83. The van der Waals surface area contributed by atoms with Gasteiger partial charge in [-0.2, -0.15) is 5.26 Å². The summed E-state index contributed by atoms with van der Waals surface area (Å²) in [4.78, 5) is 22.8. The maximum Gasteiger partial charge on any atom is 0.326 e. The number of rotatable bonds is 6. The lowest BCUT2D eigenvalue weighted by Gasteiger charge is -2.19. The molecule has 5 nitrogen and oxygen atoms in total. The molecule has 0 aliphatic rings. The Labute approximate surface area is 120 Å². The van der Waals surface area contributed by atoms with Crippen molar-refractivity contribution < 1.29 is 23.5 Å². The Kier molecular flexibility index (Phi) is 5.79. The van der Waals surface area contributed by atoms with E-state index in [-0.39, 0.29) is 18.4 Å². The lowest BCUT2D eigenvalue weighted by Crippen LogP contribution is -2.45. The van der Waals surface area contributed by atoms with E-state index in [0.717, 1.165) is 12.1 Å². The van der Waals surface area contributed by atoms with Crippen LogP contribution in [0.15, 0.2) is 18.2 Å². The molecule has 0 fully saturated rings. The highest BCUT2D eigenvalue weighted by atomic mass is 19.1. The zero-order valence-corrected chi connectivity index (χ0v) is 11.3. The van der Waals surface area contributed by atoms with Crippen molar-refractivity contribution in [1.82, 2.24) is 5.32 Å². The smallest absolute Gasteiger partial charge is 0.326 e. The van der Waals surface area contributed by atoms with Crippen LogP contribution in [0.1, 0.15) is 18.9 Å². The number of hydrogen-bond donors (Lipinski definition) is 2. The van der Waals surface area contributed by atoms with Crippen LogP contribution in [0.3, 0.4) is 0 Å². The maximum atomic E-state index is 13.0. The highest BCUT2D eigenvalue weighted by Gasteiger charge is 2.26. The SMILES string of the molecule is C[C@@H](CC#N)[C@@H](NC(=O)Cc1cc(F)cc(F)c1)C(=O)O. The van der Waals surface area contributed by atoms with Crippen LogP contribution in [0.4, 0.5) is 8.78 Å². The minimum atomic E-state index is -1.27. The predicted molar refractivity (Wildman–Crippen MR) is 69.0 cm³/mol. The van der Waals surface area contributed by atoms with Crippen LogP contribution in [-0.4, -0.2) is 23.0 Å². The summed E-state index contributed by atoms with van der Waals surface area (Å²) >= 11 is 0. The number of nitriles is 1. The number of halogens is 2. The molecule has 0 aliphatic heterocycles. The van der Waals surface area contributed by atoms with Crippen LogP contribution in [0, 0.1) is 28.9 Å². The van der Waals surface area contributed by atoms with Gasteiger partial charge in [0.2, 0.25) is 5.91 Å². The Bertz CT molecular complexity index is 564. The van der Waals surface area contributed by atoms with E-state index in [1.54, 1.807) is 0 Å². The summed E-state index contributed by atoms with van der Waals surface area (Å²) in [5, 5.41) is 19.8. The van der Waals surface area contributed by atoms with E-state index < -0.39 is 35.5 Å². The van der Waals surface area contributed by atoms with Gasteiger partial charge in [-0.3, -0.25) is 4.79 Å². The molecule has 2 atom stereocenters. The van der Waals surface area contributed by atoms with Crippen molar-refractivity contribution in [3.05, 3.63) is 35.4 Å². The molecule has 1 aromatic rings. The molecule has 0 aliphatic carbocycles. The monoisotopic (exact) mass is 296 g/mol. The van der Waals surface area contributed by atoms with E-state index >= 15 is 0 Å². The van der Waals surface area contributed by atoms with Crippen LogP contribution < -0.4 is 5.32 Å². The zero-order valence-electron chi connectivity index (χ0n) is 11.3. The van der Waals surface area contributed by atoms with Gasteiger partial charge >= 0.3 is 5.97 Å². The molecule has 0 spiro atoms. The third-order valence-corrected chi connectivity index (χ3v) is 2.85. The van der Waals surface area contributed by atoms with Gasteiger partial charge in [0, 0.05) is 18.4 Å². The van der Waals surface area contributed by atoms with Crippen LogP contribution in [0.5, 0.6) is 0 Å². The first kappa shape index (κ1) is 16.6. The molecule has 0 unspecified atom stereocenters. The molecule has 21 heavy (non-hydrogen) atoms. The first-order valence-corrected chi connectivity index (χ1v) is 6.17. The van der Waals surface area contributed by atoms with Gasteiger partial charge in [0.25, 0.3) is 0 Å². The zero-order chi connectivity index (χ0) is 16.0. The molecule has 1 aromatic carbocycles. The molecule has 0 heterocycles. The molecular weight excluding hydrogens is 282 g/mol. The molecule has 112 valence electrons. The minimum absolute atomic E-state index is 0.0359. The first-order valence-electron chi connectivity index (χ1n) is 6.17. The van der Waals surface area contributed by atoms with Crippen molar-refractivity contribution in [3.8, 4) is 6.07 Å². The summed E-state index contributed by atoms with van der Waals surface area (Å²) in [6, 6.07) is 3.27. The van der Waals surface area contributed by atoms with Gasteiger partial charge in [-0.15, -0.1) is 0 Å². The van der Waals surface area contributed by atoms with Gasteiger partial charge in [-0.05, 0) is 17.7 Å². The minimum Gasteiger partial charge on any atom is -0.480 e. The van der Waals surface area contributed by atoms with Gasteiger partial charge < -0.3 is 10.4 Å². The van der Waals surface area contributed by atoms with E-state index in [2.05, 4.69) is 5.32 Å². The van der Waals surface area contributed by atoms with E-state index in [9.17, 15) is 18.4 Å². The van der Waals surface area contributed by atoms with Crippen LogP contribution in [0.2, 0.25) is 0 Å². The van der Waals surface area contributed by atoms with Gasteiger partial charge in [0.05, 0.1) is 12.5 Å². The average molecular weight is 296 g/mol. The first-order chi connectivity index (χ1) is 9.83. The van der Waals surface area contributed by atoms with Crippen molar-refractivity contribution in [3.63, 3.8) is 0 Å². The molecule has 7 heteroatoms. The Morgan fingerprint density at radius 1 is 1.33 bits per heavy atom. The molecule has 1 amide bonds. The molecule has 0 saturated carbocycles. The molecule has 0 radical (unpaired) electrons. The standard InChI is InChI=1S/C14H14F2N2O3/c1-8(2-3-17)13(14(20)21)18-12(19)6-9-4-10(15)7-11(16)5-9/h4-5,7-8,13H,2,6H2,1H3,(H,18,19)(H,20,21)/t8-,13+/m0/s1. The number of carbonyl (C=O) groups is 2. The van der Waals surface area contributed by atoms with Crippen molar-refractivity contribution >= 4 is 11.9 Å². The molecule has 1 rings (SSSR count). The number of amides is 1. The molecule has 2 N–H and O–H groups in total. The number of carboxylic acid groups (broad SMARTS) is 1. The lowest BCUT2D eigenvalue weighted by atomic mass is 9.98. The Morgan fingerprint density at radius 2 is 1.90 bits per heavy atom. The van der Waals surface area contributed by atoms with Crippen LogP contribution >= 0.6 is 0 Å². The second kappa shape index (κ2) is 7.33. The average Bonchev–Trinajstić information content (AvgIpc) is 2.34. The van der Waals surface area contributed by atoms with E-state index in [4.69, 9.17) is 10.4 Å². The number of hydrogen-bond acceptors (Lipinski definition) is 3. The summed E-state index contributed by atoms with van der Waals surface area (Å²) in [6.07, 6.45) is -0.385. The number of carbonyl (C=O) groups excluding carboxylic acids is 1. The van der Waals surface area contributed by atoms with Crippen LogP contribution in [-0.2, 0) is 16.0 Å². The second-order valence-electron chi connectivity index (χ2n) is 4.68. The third kappa shape index (κ3) is 5.18. The van der Waals surface area contributed by atoms with Gasteiger partial charge in [-0.25, -0.2) is 13.6 Å². The largest absolute Gasteiger partial charge is 0.480 e. The quantitative estimate of drug-likeness (QED) is 0.834. The summed E-state index contributed by atoms with van der Waals surface area (Å²) in [6.45, 7) is 1.52. The van der Waals surface area contributed by atoms with Gasteiger partial charge in [0.15, 0.2) is 0 Å². The van der Waals surface area contributed by atoms with E-state index in [0.29, 0.717) is 6.07 Å². The number of carboxylic acids is 1. The Balaban J connectivity index is 2.74. The lowest BCUT2D eigenvalue weighted by molar-refractivity contribution is -0.143. The molecule has 0 saturated heterocycles. The number of benzene rings is 1. The Morgan fingerprint density at radius 3 is 2.38 bits per heavy atom. The normalized spacial score (nSPS) is 13.0. The van der Waals surface area contributed by atoms with E-state index in [1.807, 2.05) is 6.07 Å². The fraction of sp³-hybridized carbons (Fsp3) is 0.357. The van der Waals surface area contributed by atoms with Gasteiger partial charge in [-0.1, -0.05) is 6.92 Å². The molecule has 0 aromatic heterocycles. The highest BCUT2D eigenvalue weighted by Crippen LogP contribution is 2.11. The second-order valence-corrected chi connectivity index (χ2v) is 4.68. The van der Waals surface area contributed by atoms with Crippen molar-refractivity contribution in [2.75, 3.05) is 0 Å². The summed E-state index contributed by atoms with van der Waals surface area (Å²) < 4.78 is 26.0. The van der Waals surface area contributed by atoms with Crippen molar-refractivity contribution in [1.29, 1.82) is 5.26 Å². The van der Waals surface area contributed by atoms with Gasteiger partial charge in [0.1, 0.15) is 17.7 Å². The van der Waals surface area contributed by atoms with Crippen molar-refractivity contribution in [2.45, 2.75) is 25.8 Å². The number of nitrogens with zero attached hydrogens (tertiary/aromatic N) is 1. The Hall–Kier alpha value is -2.49. The van der Waals surface area contributed by atoms with E-state index in [1.165, 1.54) is 6.92 Å². The number of aliphatic carboxylic acids is 1. The fourth-order valence-electron chi connectivity index (χ4n) is 1.83. The maximum absolute atomic E-state index is 13.0. The highest BCUT2D eigenvalue weighted by molar-refractivity contribution is 5.85. The third-order valence-electron chi connectivity index (χ3n) is 2.85. The predicted octanol–water partition coefficient (Wildman–Crippen LogP) is 1.63. The van der Waals surface area contributed by atoms with Crippen LogP contribution in [0.25, 0.3) is 0 Å². The summed E-state index contributed by atoms with van der Waals surface area (Å²) in [5.41, 5.74) is 0.0991. The molecule has 0 bridgehead atoms. The topological polar surface area (TPSA) is 90.2 Å². The van der Waals surface area contributed by atoms with Crippen molar-refractivity contribution in [2.24, 2.45) is 5.92 Å². The number of nitrogens with one attached hydrogen (secondary N) is 1. The molecular formula is C14H14F2N2O3. The summed E-state index contributed by atoms with van der Waals surface area (Å²) in [7, 11) is 0.